The number of nitrogens with zero attached hydrogens (tertiary/aromatic N) is 2. The molecule has 0 radical (unpaired) electrons. The predicted octanol–water partition coefficient (Wildman–Crippen LogP) is 2.98. The quantitative estimate of drug-likeness (QED) is 0.552. The zero-order valence-electron chi connectivity index (χ0n) is 16.2. The molecule has 1 aromatic heterocycles. The molecule has 3 amide bonds. The highest BCUT2D eigenvalue weighted by molar-refractivity contribution is 5.92. The highest BCUT2D eigenvalue weighted by atomic mass is 16.2. The highest BCUT2D eigenvalue weighted by Gasteiger charge is 2.08. The van der Waals surface area contributed by atoms with Crippen molar-refractivity contribution in [2.45, 2.75) is 26.8 Å². The molecule has 0 atom stereocenters. The van der Waals surface area contributed by atoms with E-state index >= 15 is 0 Å². The molecular formula is C21H25N5O2. The van der Waals surface area contributed by atoms with Crippen molar-refractivity contribution in [2.75, 3.05) is 18.4 Å². The summed E-state index contributed by atoms with van der Waals surface area (Å²) in [7, 11) is 0. The van der Waals surface area contributed by atoms with E-state index in [9.17, 15) is 9.59 Å². The van der Waals surface area contributed by atoms with Crippen molar-refractivity contribution >= 4 is 28.7 Å². The molecule has 0 fully saturated rings. The molecule has 3 aromatic rings. The summed E-state index contributed by atoms with van der Waals surface area (Å²) in [6.45, 7) is 5.17. The van der Waals surface area contributed by atoms with Crippen LogP contribution in [0.5, 0.6) is 0 Å². The van der Waals surface area contributed by atoms with Gasteiger partial charge in [-0.05, 0) is 50.1 Å². The van der Waals surface area contributed by atoms with Gasteiger partial charge in [-0.25, -0.2) is 9.78 Å². The van der Waals surface area contributed by atoms with Gasteiger partial charge in [0, 0.05) is 18.8 Å². The Hall–Kier alpha value is -3.35. The number of carbonyl (C=O) groups is 2. The second kappa shape index (κ2) is 9.03. The first-order valence-corrected chi connectivity index (χ1v) is 9.33. The number of amides is 3. The Morgan fingerprint density at radius 2 is 1.86 bits per heavy atom. The van der Waals surface area contributed by atoms with E-state index in [-0.39, 0.29) is 12.5 Å². The van der Waals surface area contributed by atoms with Gasteiger partial charge in [0.15, 0.2) is 0 Å². The molecule has 0 bridgehead atoms. The number of urea groups is 1. The maximum atomic E-state index is 11.9. The number of aromatic nitrogens is 2. The maximum absolute atomic E-state index is 11.9. The lowest BCUT2D eigenvalue weighted by Crippen LogP contribution is -2.39. The van der Waals surface area contributed by atoms with Gasteiger partial charge < -0.3 is 20.5 Å². The van der Waals surface area contributed by atoms with E-state index in [2.05, 4.69) is 25.5 Å². The Bertz CT molecular complexity index is 980. The number of imidazole rings is 1. The number of hydrogen-bond acceptors (Lipinski definition) is 3. The van der Waals surface area contributed by atoms with Crippen molar-refractivity contribution in [3.63, 3.8) is 0 Å². The smallest absolute Gasteiger partial charge is 0.319 e. The molecule has 0 aliphatic rings. The Morgan fingerprint density at radius 1 is 1.04 bits per heavy atom. The summed E-state index contributed by atoms with van der Waals surface area (Å²) >= 11 is 0. The highest BCUT2D eigenvalue weighted by Crippen LogP contribution is 2.15. The van der Waals surface area contributed by atoms with Gasteiger partial charge in [-0.2, -0.15) is 0 Å². The maximum Gasteiger partial charge on any atom is 0.319 e. The fourth-order valence-electron chi connectivity index (χ4n) is 3.06. The second-order valence-electron chi connectivity index (χ2n) is 6.68. The van der Waals surface area contributed by atoms with E-state index < -0.39 is 6.03 Å². The van der Waals surface area contributed by atoms with Gasteiger partial charge in [0.05, 0.1) is 17.6 Å². The van der Waals surface area contributed by atoms with Crippen LogP contribution >= 0.6 is 0 Å². The normalized spacial score (nSPS) is 10.6. The van der Waals surface area contributed by atoms with Crippen LogP contribution in [0.2, 0.25) is 0 Å². The molecule has 1 heterocycles. The molecule has 7 heteroatoms. The predicted molar refractivity (Wildman–Crippen MR) is 110 cm³/mol. The van der Waals surface area contributed by atoms with Crippen LogP contribution < -0.4 is 16.0 Å². The molecule has 146 valence electrons. The van der Waals surface area contributed by atoms with Crippen molar-refractivity contribution in [1.82, 2.24) is 20.2 Å². The van der Waals surface area contributed by atoms with Gasteiger partial charge in [-0.3, -0.25) is 4.79 Å². The van der Waals surface area contributed by atoms with Crippen LogP contribution in [-0.2, 0) is 11.3 Å². The first-order valence-electron chi connectivity index (χ1n) is 9.33. The first kappa shape index (κ1) is 19.4. The summed E-state index contributed by atoms with van der Waals surface area (Å²) in [5, 5.41) is 8.09. The monoisotopic (exact) mass is 379 g/mol. The molecule has 0 unspecified atom stereocenters. The largest absolute Gasteiger partial charge is 0.355 e. The zero-order valence-corrected chi connectivity index (χ0v) is 16.2. The van der Waals surface area contributed by atoms with Crippen LogP contribution in [-0.4, -0.2) is 34.6 Å². The average Bonchev–Trinajstić information content (AvgIpc) is 2.99. The summed E-state index contributed by atoms with van der Waals surface area (Å²) < 4.78 is 2.15. The zero-order chi connectivity index (χ0) is 19.9. The lowest BCUT2D eigenvalue weighted by atomic mass is 10.2. The molecule has 0 aliphatic carbocycles. The van der Waals surface area contributed by atoms with E-state index in [1.54, 1.807) is 6.07 Å². The standard InChI is InChI=1S/C21H25N5O2/c1-15-7-5-8-17(13-15)25-21(28)23-14-20(27)22-11-6-12-26-16(2)24-18-9-3-4-10-19(18)26/h3-5,7-10,13H,6,11-12,14H2,1-2H3,(H,22,27)(H2,23,25,28). The minimum Gasteiger partial charge on any atom is -0.355 e. The summed E-state index contributed by atoms with van der Waals surface area (Å²) in [5.41, 5.74) is 3.82. The molecule has 28 heavy (non-hydrogen) atoms. The van der Waals surface area contributed by atoms with Crippen molar-refractivity contribution < 1.29 is 9.59 Å². The van der Waals surface area contributed by atoms with E-state index in [0.717, 1.165) is 35.4 Å². The minimum absolute atomic E-state index is 0.0648. The van der Waals surface area contributed by atoms with E-state index in [1.807, 2.05) is 56.3 Å². The first-order chi connectivity index (χ1) is 13.5. The fraction of sp³-hybridized carbons (Fsp3) is 0.286. The molecule has 3 rings (SSSR count). The number of fused-ring (bicyclic) bond motifs is 1. The number of hydrogen-bond donors (Lipinski definition) is 3. The van der Waals surface area contributed by atoms with Crippen LogP contribution in [0.3, 0.4) is 0 Å². The molecule has 7 nitrogen and oxygen atoms in total. The van der Waals surface area contributed by atoms with Gasteiger partial charge in [-0.15, -0.1) is 0 Å². The summed E-state index contributed by atoms with van der Waals surface area (Å²) in [6, 6.07) is 15.1. The van der Waals surface area contributed by atoms with Crippen LogP contribution in [0.4, 0.5) is 10.5 Å². The van der Waals surface area contributed by atoms with Crippen molar-refractivity contribution in [3.8, 4) is 0 Å². The molecule has 0 aliphatic heterocycles. The summed E-state index contributed by atoms with van der Waals surface area (Å²) in [6.07, 6.45) is 0.780. The number of para-hydroxylation sites is 2. The summed E-state index contributed by atoms with van der Waals surface area (Å²) in [5.74, 6) is 0.744. The van der Waals surface area contributed by atoms with Gasteiger partial charge in [-0.1, -0.05) is 24.3 Å². The topological polar surface area (TPSA) is 88.0 Å². The Kier molecular flexibility index (Phi) is 6.26. The Balaban J connectivity index is 1.37. The number of rotatable bonds is 7. The van der Waals surface area contributed by atoms with Gasteiger partial charge >= 0.3 is 6.03 Å². The lowest BCUT2D eigenvalue weighted by molar-refractivity contribution is -0.120. The van der Waals surface area contributed by atoms with Gasteiger partial charge in [0.1, 0.15) is 5.82 Å². The third kappa shape index (κ3) is 5.09. The number of aryl methyl sites for hydroxylation is 3. The molecule has 0 spiro atoms. The molecule has 0 saturated carbocycles. The Labute approximate surface area is 164 Å². The van der Waals surface area contributed by atoms with Crippen LogP contribution in [0.1, 0.15) is 17.8 Å². The summed E-state index contributed by atoms with van der Waals surface area (Å²) in [4.78, 5) is 28.3. The Morgan fingerprint density at radius 3 is 2.68 bits per heavy atom. The number of benzene rings is 2. The third-order valence-corrected chi connectivity index (χ3v) is 4.41. The third-order valence-electron chi connectivity index (χ3n) is 4.41. The average molecular weight is 379 g/mol. The molecule has 3 N–H and O–H groups in total. The second-order valence-corrected chi connectivity index (χ2v) is 6.68. The molecule has 2 aromatic carbocycles. The number of anilines is 1. The SMILES string of the molecule is Cc1cccc(NC(=O)NCC(=O)NCCCn2c(C)nc3ccccc32)c1. The molecular weight excluding hydrogens is 354 g/mol. The van der Waals surface area contributed by atoms with Crippen LogP contribution in [0.25, 0.3) is 11.0 Å². The van der Waals surface area contributed by atoms with Gasteiger partial charge in [0.25, 0.3) is 0 Å². The fourth-order valence-corrected chi connectivity index (χ4v) is 3.06. The van der Waals surface area contributed by atoms with Gasteiger partial charge in [0.2, 0.25) is 5.91 Å². The van der Waals surface area contributed by atoms with E-state index in [0.29, 0.717) is 12.2 Å². The van der Waals surface area contributed by atoms with Crippen LogP contribution in [0.15, 0.2) is 48.5 Å². The lowest BCUT2D eigenvalue weighted by Gasteiger charge is -2.10. The minimum atomic E-state index is -0.402. The van der Waals surface area contributed by atoms with Crippen molar-refractivity contribution in [3.05, 3.63) is 59.9 Å². The van der Waals surface area contributed by atoms with Crippen molar-refractivity contribution in [2.24, 2.45) is 0 Å². The van der Waals surface area contributed by atoms with E-state index in [1.165, 1.54) is 0 Å². The van der Waals surface area contributed by atoms with Crippen LogP contribution in [0, 0.1) is 13.8 Å². The molecule has 0 saturated heterocycles. The van der Waals surface area contributed by atoms with E-state index in [4.69, 9.17) is 0 Å². The van der Waals surface area contributed by atoms with Crippen molar-refractivity contribution in [1.29, 1.82) is 0 Å². The number of carbonyl (C=O) groups excluding carboxylic acids is 2. The number of nitrogens with one attached hydrogen (secondary N) is 3.